The van der Waals surface area contributed by atoms with Crippen LogP contribution in [0.5, 0.6) is 0 Å². The summed E-state index contributed by atoms with van der Waals surface area (Å²) in [6, 6.07) is 8.74. The number of ether oxygens (including phenoxy) is 1. The maximum atomic E-state index is 12.1. The fourth-order valence-electron chi connectivity index (χ4n) is 1.70. The normalized spacial score (nSPS) is 11.1. The van der Waals surface area contributed by atoms with E-state index >= 15 is 0 Å². The minimum absolute atomic E-state index is 0.153. The first-order valence-electron chi connectivity index (χ1n) is 6.47. The number of hydrogen-bond donors (Lipinski definition) is 0. The summed E-state index contributed by atoms with van der Waals surface area (Å²) < 4.78 is 30.0. The van der Waals surface area contributed by atoms with E-state index in [0.29, 0.717) is 5.56 Å². The molecule has 0 radical (unpaired) electrons. The largest absolute Gasteiger partial charge is 0.466 e. The molecule has 0 atom stereocenters. The van der Waals surface area contributed by atoms with E-state index in [0.717, 1.165) is 5.56 Å². The lowest BCUT2D eigenvalue weighted by molar-refractivity contribution is -0.142. The highest BCUT2D eigenvalue weighted by Crippen LogP contribution is 2.10. The van der Waals surface area contributed by atoms with Crippen LogP contribution in [0.3, 0.4) is 0 Å². The Labute approximate surface area is 125 Å². The van der Waals surface area contributed by atoms with Gasteiger partial charge in [0.05, 0.1) is 30.4 Å². The van der Waals surface area contributed by atoms with Gasteiger partial charge in [-0.05, 0) is 24.6 Å². The molecule has 114 valence electrons. The molecule has 0 amide bonds. The van der Waals surface area contributed by atoms with E-state index in [1.54, 1.807) is 31.2 Å². The molecule has 1 aromatic rings. The van der Waals surface area contributed by atoms with Gasteiger partial charge in [-0.15, -0.1) is 0 Å². The van der Waals surface area contributed by atoms with Crippen molar-refractivity contribution in [1.82, 2.24) is 4.31 Å². The molecule has 0 fully saturated rings. The monoisotopic (exact) mass is 310 g/mol. The van der Waals surface area contributed by atoms with Gasteiger partial charge >= 0.3 is 5.97 Å². The minimum Gasteiger partial charge on any atom is -0.466 e. The topological polar surface area (TPSA) is 87.5 Å². The summed E-state index contributed by atoms with van der Waals surface area (Å²) in [5.41, 5.74) is 1.20. The van der Waals surface area contributed by atoms with Crippen LogP contribution in [0.15, 0.2) is 24.3 Å². The van der Waals surface area contributed by atoms with Crippen molar-refractivity contribution < 1.29 is 17.9 Å². The molecule has 0 aliphatic rings. The molecule has 0 aliphatic heterocycles. The zero-order valence-corrected chi connectivity index (χ0v) is 12.9. The van der Waals surface area contributed by atoms with Crippen LogP contribution < -0.4 is 0 Å². The summed E-state index contributed by atoms with van der Waals surface area (Å²) >= 11 is 0. The van der Waals surface area contributed by atoms with Crippen molar-refractivity contribution in [3.05, 3.63) is 35.4 Å². The highest BCUT2D eigenvalue weighted by molar-refractivity contribution is 7.89. The predicted molar refractivity (Wildman–Crippen MR) is 77.7 cm³/mol. The Morgan fingerprint density at radius 3 is 2.76 bits per heavy atom. The fourth-order valence-corrected chi connectivity index (χ4v) is 2.78. The Kier molecular flexibility index (Phi) is 6.34. The fraction of sp³-hybridized carbons (Fsp3) is 0.429. The lowest BCUT2D eigenvalue weighted by Gasteiger charge is -2.17. The zero-order chi connectivity index (χ0) is 15.9. The van der Waals surface area contributed by atoms with Gasteiger partial charge in [0.1, 0.15) is 0 Å². The average Bonchev–Trinajstić information content (AvgIpc) is 2.45. The van der Waals surface area contributed by atoms with E-state index in [2.05, 4.69) is 0 Å². The molecule has 0 aliphatic carbocycles. The lowest BCUT2D eigenvalue weighted by Crippen LogP contribution is -2.30. The van der Waals surface area contributed by atoms with Gasteiger partial charge in [-0.1, -0.05) is 12.1 Å². The maximum Gasteiger partial charge on any atom is 0.306 e. The van der Waals surface area contributed by atoms with Gasteiger partial charge in [-0.25, -0.2) is 12.7 Å². The highest BCUT2D eigenvalue weighted by Gasteiger charge is 2.20. The Balaban J connectivity index is 2.66. The second-order valence-electron chi connectivity index (χ2n) is 4.44. The Bertz CT molecular complexity index is 635. The number of carbonyl (C=O) groups is 1. The Morgan fingerprint density at radius 1 is 1.43 bits per heavy atom. The van der Waals surface area contributed by atoms with Gasteiger partial charge in [-0.3, -0.25) is 4.79 Å². The van der Waals surface area contributed by atoms with E-state index in [1.165, 1.54) is 11.4 Å². The number of sulfonamides is 1. The number of esters is 1. The van der Waals surface area contributed by atoms with Crippen molar-refractivity contribution in [2.24, 2.45) is 0 Å². The van der Waals surface area contributed by atoms with Crippen LogP contribution in [0.1, 0.15) is 24.5 Å². The molecule has 7 heteroatoms. The first kappa shape index (κ1) is 17.1. The van der Waals surface area contributed by atoms with Gasteiger partial charge < -0.3 is 4.74 Å². The van der Waals surface area contributed by atoms with E-state index in [1.807, 2.05) is 6.07 Å². The number of benzene rings is 1. The zero-order valence-electron chi connectivity index (χ0n) is 12.1. The van der Waals surface area contributed by atoms with Crippen LogP contribution in [-0.4, -0.2) is 38.1 Å². The molecule has 0 saturated carbocycles. The molecule has 6 nitrogen and oxygen atoms in total. The number of hydrogen-bond acceptors (Lipinski definition) is 5. The van der Waals surface area contributed by atoms with E-state index in [-0.39, 0.29) is 25.3 Å². The minimum atomic E-state index is -3.54. The second kappa shape index (κ2) is 7.76. The van der Waals surface area contributed by atoms with Crippen molar-refractivity contribution in [3.63, 3.8) is 0 Å². The first-order valence-corrected chi connectivity index (χ1v) is 8.08. The molecule has 21 heavy (non-hydrogen) atoms. The molecule has 0 N–H and O–H groups in total. The number of nitriles is 1. The average molecular weight is 310 g/mol. The van der Waals surface area contributed by atoms with Crippen LogP contribution in [-0.2, 0) is 26.1 Å². The molecule has 0 aromatic heterocycles. The molecular formula is C14H18N2O4S. The molecule has 0 spiro atoms. The lowest BCUT2D eigenvalue weighted by atomic mass is 10.1. The van der Waals surface area contributed by atoms with Crippen LogP contribution in [0.4, 0.5) is 0 Å². The number of carbonyl (C=O) groups excluding carboxylic acids is 1. The molecule has 1 rings (SSSR count). The smallest absolute Gasteiger partial charge is 0.306 e. The summed E-state index contributed by atoms with van der Waals surface area (Å²) in [7, 11) is -2.10. The molecule has 1 aromatic carbocycles. The van der Waals surface area contributed by atoms with Crippen LogP contribution >= 0.6 is 0 Å². The van der Waals surface area contributed by atoms with E-state index in [9.17, 15) is 13.2 Å². The SMILES string of the molecule is CCOC(=O)CCS(=O)(=O)N(C)Cc1cccc(C#N)c1. The predicted octanol–water partition coefficient (Wildman–Crippen LogP) is 1.27. The highest BCUT2D eigenvalue weighted by atomic mass is 32.2. The standard InChI is InChI=1S/C14H18N2O4S/c1-3-20-14(17)7-8-21(18,19)16(2)11-13-6-4-5-12(9-13)10-15/h4-6,9H,3,7-8,11H2,1-2H3. The molecule has 0 bridgehead atoms. The molecular weight excluding hydrogens is 292 g/mol. The van der Waals surface area contributed by atoms with E-state index < -0.39 is 16.0 Å². The third kappa shape index (κ3) is 5.53. The quantitative estimate of drug-likeness (QED) is 0.708. The van der Waals surface area contributed by atoms with Crippen molar-refractivity contribution in [1.29, 1.82) is 5.26 Å². The summed E-state index contributed by atoms with van der Waals surface area (Å²) in [6.45, 7) is 2.05. The number of nitrogens with zero attached hydrogens (tertiary/aromatic N) is 2. The summed E-state index contributed by atoms with van der Waals surface area (Å²) in [4.78, 5) is 11.2. The number of rotatable bonds is 7. The summed E-state index contributed by atoms with van der Waals surface area (Å²) in [5, 5.41) is 8.82. The maximum absolute atomic E-state index is 12.1. The van der Waals surface area contributed by atoms with E-state index in [4.69, 9.17) is 10.00 Å². The third-order valence-electron chi connectivity index (χ3n) is 2.81. The summed E-state index contributed by atoms with van der Waals surface area (Å²) in [5.74, 6) is -0.818. The van der Waals surface area contributed by atoms with Crippen molar-refractivity contribution in [2.75, 3.05) is 19.4 Å². The van der Waals surface area contributed by atoms with Crippen LogP contribution in [0.2, 0.25) is 0 Å². The Morgan fingerprint density at radius 2 is 2.14 bits per heavy atom. The second-order valence-corrected chi connectivity index (χ2v) is 6.63. The Hall–Kier alpha value is -1.91. The van der Waals surface area contributed by atoms with Gasteiger partial charge in [-0.2, -0.15) is 5.26 Å². The van der Waals surface area contributed by atoms with Crippen molar-refractivity contribution in [2.45, 2.75) is 19.9 Å². The third-order valence-corrected chi connectivity index (χ3v) is 4.60. The summed E-state index contributed by atoms with van der Waals surface area (Å²) in [6.07, 6.45) is -0.168. The van der Waals surface area contributed by atoms with Crippen molar-refractivity contribution >= 4 is 16.0 Å². The molecule has 0 unspecified atom stereocenters. The van der Waals surface area contributed by atoms with Crippen LogP contribution in [0, 0.1) is 11.3 Å². The van der Waals surface area contributed by atoms with Gasteiger partial charge in [0.2, 0.25) is 10.0 Å². The van der Waals surface area contributed by atoms with Gasteiger partial charge in [0, 0.05) is 13.6 Å². The first-order chi connectivity index (χ1) is 9.89. The molecule has 0 heterocycles. The van der Waals surface area contributed by atoms with Gasteiger partial charge in [0.15, 0.2) is 0 Å². The van der Waals surface area contributed by atoms with Crippen molar-refractivity contribution in [3.8, 4) is 6.07 Å². The van der Waals surface area contributed by atoms with Gasteiger partial charge in [0.25, 0.3) is 0 Å². The van der Waals surface area contributed by atoms with Crippen LogP contribution in [0.25, 0.3) is 0 Å². The molecule has 0 saturated heterocycles.